The highest BCUT2D eigenvalue weighted by Gasteiger charge is 2.29. The summed E-state index contributed by atoms with van der Waals surface area (Å²) in [5.74, 6) is 0.424. The molecule has 0 saturated carbocycles. The minimum Gasteiger partial charge on any atom is -0.325 e. The summed E-state index contributed by atoms with van der Waals surface area (Å²) in [6.07, 6.45) is 1.08. The number of nitrogens with zero attached hydrogens (tertiary/aromatic N) is 2. The van der Waals surface area contributed by atoms with Crippen molar-refractivity contribution in [3.8, 4) is 0 Å². The molecule has 1 heterocycles. The van der Waals surface area contributed by atoms with Crippen molar-refractivity contribution in [3.63, 3.8) is 0 Å². The van der Waals surface area contributed by atoms with Crippen LogP contribution in [0.5, 0.6) is 0 Å². The average molecular weight is 354 g/mol. The standard InChI is InChI=1S/C16H26N4O3S/c1-12(20-8-7-13(11-20)10-19(2)3)16(21)18-14-5-4-6-15(9-14)24(17,22)23/h4-6,9,12-13H,7-8,10-11H2,1-3H3,(H,18,21)(H2,17,22,23)/t12-,13-/m1/s1. The minimum atomic E-state index is -3.78. The second kappa shape index (κ2) is 7.60. The van der Waals surface area contributed by atoms with Gasteiger partial charge in [-0.3, -0.25) is 9.69 Å². The van der Waals surface area contributed by atoms with Gasteiger partial charge in [0.05, 0.1) is 10.9 Å². The number of likely N-dealkylation sites (tertiary alicyclic amines) is 1. The third-order valence-corrected chi connectivity index (χ3v) is 5.21. The number of nitrogens with one attached hydrogen (secondary N) is 1. The van der Waals surface area contributed by atoms with Crippen LogP contribution in [-0.4, -0.2) is 63.9 Å². The summed E-state index contributed by atoms with van der Waals surface area (Å²) in [7, 11) is 0.323. The minimum absolute atomic E-state index is 0.0137. The number of hydrogen-bond acceptors (Lipinski definition) is 5. The van der Waals surface area contributed by atoms with E-state index in [1.54, 1.807) is 12.1 Å². The van der Waals surface area contributed by atoms with Crippen LogP contribution in [0.3, 0.4) is 0 Å². The maximum absolute atomic E-state index is 12.4. The van der Waals surface area contributed by atoms with E-state index in [2.05, 4.69) is 29.2 Å². The molecule has 0 spiro atoms. The zero-order valence-electron chi connectivity index (χ0n) is 14.4. The second-order valence-electron chi connectivity index (χ2n) is 6.65. The molecule has 1 aliphatic rings. The number of anilines is 1. The SMILES string of the molecule is C[C@H](C(=O)Nc1cccc(S(N)(=O)=O)c1)N1CC[C@H](CN(C)C)C1. The van der Waals surface area contributed by atoms with Gasteiger partial charge in [0.25, 0.3) is 0 Å². The van der Waals surface area contributed by atoms with Crippen LogP contribution in [0.1, 0.15) is 13.3 Å². The maximum atomic E-state index is 12.4. The van der Waals surface area contributed by atoms with Gasteiger partial charge in [-0.2, -0.15) is 0 Å². The van der Waals surface area contributed by atoms with E-state index in [4.69, 9.17) is 5.14 Å². The molecule has 8 heteroatoms. The Balaban J connectivity index is 1.98. The first-order valence-corrected chi connectivity index (χ1v) is 9.54. The summed E-state index contributed by atoms with van der Waals surface area (Å²) < 4.78 is 22.8. The van der Waals surface area contributed by atoms with E-state index in [1.807, 2.05) is 6.92 Å². The Morgan fingerprint density at radius 1 is 1.46 bits per heavy atom. The fourth-order valence-corrected chi connectivity index (χ4v) is 3.60. The zero-order valence-corrected chi connectivity index (χ0v) is 15.2. The number of hydrogen-bond donors (Lipinski definition) is 2. The fourth-order valence-electron chi connectivity index (χ4n) is 3.04. The van der Waals surface area contributed by atoms with Crippen LogP contribution >= 0.6 is 0 Å². The van der Waals surface area contributed by atoms with Gasteiger partial charge in [-0.1, -0.05) is 6.07 Å². The van der Waals surface area contributed by atoms with Crippen LogP contribution in [0.15, 0.2) is 29.2 Å². The van der Waals surface area contributed by atoms with Gasteiger partial charge in [0.15, 0.2) is 0 Å². The maximum Gasteiger partial charge on any atom is 0.241 e. The highest BCUT2D eigenvalue weighted by atomic mass is 32.2. The summed E-state index contributed by atoms with van der Waals surface area (Å²) in [5.41, 5.74) is 0.433. The number of carbonyl (C=O) groups excluding carboxylic acids is 1. The molecular weight excluding hydrogens is 328 g/mol. The van der Waals surface area contributed by atoms with E-state index < -0.39 is 10.0 Å². The molecule has 0 bridgehead atoms. The Kier molecular flexibility index (Phi) is 5.97. The van der Waals surface area contributed by atoms with Crippen molar-refractivity contribution in [1.29, 1.82) is 0 Å². The summed E-state index contributed by atoms with van der Waals surface area (Å²) >= 11 is 0. The van der Waals surface area contributed by atoms with E-state index in [-0.39, 0.29) is 16.8 Å². The first kappa shape index (κ1) is 18.9. The molecule has 1 saturated heterocycles. The molecule has 1 amide bonds. The fraction of sp³-hybridized carbons (Fsp3) is 0.562. The predicted octanol–water partition coefficient (Wildman–Crippen LogP) is 0.545. The predicted molar refractivity (Wildman–Crippen MR) is 94.1 cm³/mol. The van der Waals surface area contributed by atoms with E-state index in [0.717, 1.165) is 26.1 Å². The second-order valence-corrected chi connectivity index (χ2v) is 8.21. The Labute approximate surface area is 143 Å². The topological polar surface area (TPSA) is 95.7 Å². The number of benzene rings is 1. The third-order valence-electron chi connectivity index (χ3n) is 4.30. The van der Waals surface area contributed by atoms with Gasteiger partial charge < -0.3 is 10.2 Å². The van der Waals surface area contributed by atoms with Crippen molar-refractivity contribution < 1.29 is 13.2 Å². The molecule has 3 N–H and O–H groups in total. The summed E-state index contributed by atoms with van der Waals surface area (Å²) in [5, 5.41) is 7.89. The van der Waals surface area contributed by atoms with Gasteiger partial charge in [0.1, 0.15) is 0 Å². The quantitative estimate of drug-likeness (QED) is 0.777. The Morgan fingerprint density at radius 2 is 2.17 bits per heavy atom. The van der Waals surface area contributed by atoms with Crippen molar-refractivity contribution in [3.05, 3.63) is 24.3 Å². The Hall–Kier alpha value is -1.48. The molecule has 0 radical (unpaired) electrons. The van der Waals surface area contributed by atoms with Crippen LogP contribution in [0.4, 0.5) is 5.69 Å². The number of amides is 1. The third kappa shape index (κ3) is 5.01. The number of rotatable bonds is 6. The molecule has 134 valence electrons. The monoisotopic (exact) mass is 354 g/mol. The lowest BCUT2D eigenvalue weighted by molar-refractivity contribution is -0.120. The number of primary sulfonamides is 1. The van der Waals surface area contributed by atoms with Crippen LogP contribution in [-0.2, 0) is 14.8 Å². The van der Waals surface area contributed by atoms with Crippen molar-refractivity contribution in [1.82, 2.24) is 9.80 Å². The van der Waals surface area contributed by atoms with Crippen LogP contribution in [0.25, 0.3) is 0 Å². The number of nitrogens with two attached hydrogens (primary N) is 1. The number of sulfonamides is 1. The van der Waals surface area contributed by atoms with Crippen LogP contribution < -0.4 is 10.5 Å². The molecule has 1 aromatic rings. The molecule has 0 aliphatic carbocycles. The van der Waals surface area contributed by atoms with Gasteiger partial charge in [0.2, 0.25) is 15.9 Å². The molecule has 0 aromatic heterocycles. The van der Waals surface area contributed by atoms with Gasteiger partial charge in [-0.25, -0.2) is 13.6 Å². The lowest BCUT2D eigenvalue weighted by Gasteiger charge is -2.24. The van der Waals surface area contributed by atoms with Crippen LogP contribution in [0.2, 0.25) is 0 Å². The zero-order chi connectivity index (χ0) is 17.9. The normalized spacial score (nSPS) is 20.3. The lowest BCUT2D eigenvalue weighted by Crippen LogP contribution is -2.41. The number of carbonyl (C=O) groups is 1. The largest absolute Gasteiger partial charge is 0.325 e. The van der Waals surface area contributed by atoms with Gasteiger partial charge >= 0.3 is 0 Å². The van der Waals surface area contributed by atoms with E-state index >= 15 is 0 Å². The summed E-state index contributed by atoms with van der Waals surface area (Å²) in [6.45, 7) is 4.67. The van der Waals surface area contributed by atoms with Gasteiger partial charge in [-0.05, 0) is 58.1 Å². The molecule has 7 nitrogen and oxygen atoms in total. The smallest absolute Gasteiger partial charge is 0.241 e. The van der Waals surface area contributed by atoms with Crippen molar-refractivity contribution in [2.75, 3.05) is 39.0 Å². The van der Waals surface area contributed by atoms with Crippen molar-refractivity contribution in [2.45, 2.75) is 24.3 Å². The molecule has 1 aliphatic heterocycles. The van der Waals surface area contributed by atoms with Crippen molar-refractivity contribution >= 4 is 21.6 Å². The highest BCUT2D eigenvalue weighted by molar-refractivity contribution is 7.89. The molecule has 0 unspecified atom stereocenters. The summed E-state index contributed by atoms with van der Waals surface area (Å²) in [6, 6.07) is 5.72. The average Bonchev–Trinajstić information content (AvgIpc) is 2.93. The lowest BCUT2D eigenvalue weighted by atomic mass is 10.1. The molecular formula is C16H26N4O3S. The van der Waals surface area contributed by atoms with Gasteiger partial charge in [-0.15, -0.1) is 0 Å². The van der Waals surface area contributed by atoms with E-state index in [1.165, 1.54) is 12.1 Å². The molecule has 1 aromatic carbocycles. The first-order valence-electron chi connectivity index (χ1n) is 7.99. The van der Waals surface area contributed by atoms with E-state index in [9.17, 15) is 13.2 Å². The molecule has 2 atom stereocenters. The summed E-state index contributed by atoms with van der Waals surface area (Å²) in [4.78, 5) is 16.8. The first-order chi connectivity index (χ1) is 11.2. The molecule has 1 fully saturated rings. The van der Waals surface area contributed by atoms with Crippen molar-refractivity contribution in [2.24, 2.45) is 11.1 Å². The van der Waals surface area contributed by atoms with Gasteiger partial charge in [0, 0.05) is 18.8 Å². The van der Waals surface area contributed by atoms with E-state index in [0.29, 0.717) is 11.6 Å². The Bertz CT molecular complexity index is 690. The molecule has 24 heavy (non-hydrogen) atoms. The molecule has 2 rings (SSSR count). The highest BCUT2D eigenvalue weighted by Crippen LogP contribution is 2.20. The van der Waals surface area contributed by atoms with Crippen LogP contribution in [0, 0.1) is 5.92 Å². The Morgan fingerprint density at radius 3 is 2.79 bits per heavy atom.